The Hall–Kier alpha value is -1.61. The summed E-state index contributed by atoms with van der Waals surface area (Å²) < 4.78 is 88.4. The van der Waals surface area contributed by atoms with Gasteiger partial charge < -0.3 is 4.74 Å². The van der Waals surface area contributed by atoms with Gasteiger partial charge in [0.15, 0.2) is 22.3 Å². The molecule has 0 aliphatic heterocycles. The first kappa shape index (κ1) is 17.4. The second-order valence-electron chi connectivity index (χ2n) is 3.96. The first-order chi connectivity index (χ1) is 9.71. The number of hydrogen-bond donors (Lipinski definition) is 1. The van der Waals surface area contributed by atoms with Crippen LogP contribution in [0.3, 0.4) is 0 Å². The van der Waals surface area contributed by atoms with E-state index < -0.39 is 44.0 Å². The number of rotatable bonds is 6. The van der Waals surface area contributed by atoms with E-state index in [0.29, 0.717) is 6.42 Å². The lowest BCUT2D eigenvalue weighted by atomic mass is 10.3. The lowest BCUT2D eigenvalue weighted by Gasteiger charge is -2.10. The van der Waals surface area contributed by atoms with Crippen molar-refractivity contribution in [2.24, 2.45) is 0 Å². The van der Waals surface area contributed by atoms with Crippen LogP contribution < -0.4 is 4.74 Å². The van der Waals surface area contributed by atoms with Crippen LogP contribution >= 0.6 is 0 Å². The lowest BCUT2D eigenvalue weighted by Crippen LogP contribution is -2.12. The predicted molar refractivity (Wildman–Crippen MR) is 65.6 cm³/mol. The molecule has 9 heteroatoms. The van der Waals surface area contributed by atoms with E-state index in [1.54, 1.807) is 6.08 Å². The van der Waals surface area contributed by atoms with Crippen LogP contribution in [0.4, 0.5) is 17.6 Å². The van der Waals surface area contributed by atoms with Crippen molar-refractivity contribution in [1.29, 1.82) is 0 Å². The summed E-state index contributed by atoms with van der Waals surface area (Å²) in [5.41, 5.74) is 0. The van der Waals surface area contributed by atoms with Gasteiger partial charge in [-0.3, -0.25) is 4.55 Å². The maximum absolute atomic E-state index is 13.5. The molecule has 0 saturated heterocycles. The van der Waals surface area contributed by atoms with E-state index in [9.17, 15) is 26.0 Å². The van der Waals surface area contributed by atoms with Crippen molar-refractivity contribution < 1.29 is 35.3 Å². The van der Waals surface area contributed by atoms with Gasteiger partial charge in [-0.05, 0) is 6.42 Å². The maximum atomic E-state index is 13.5. The largest absolute Gasteiger partial charge is 0.483 e. The normalized spacial score (nSPS) is 12.1. The minimum absolute atomic E-state index is 0.363. The standard InChI is InChI=1S/C12H12F4O4S/c1-2-3-4-5-6-20-11-7(13)9(15)12(21(17,18)19)10(16)8(11)14/h4-5H,2-3,6H2,1H3,(H,17,18,19). The molecule has 0 heterocycles. The molecule has 0 saturated carbocycles. The molecule has 0 bridgehead atoms. The van der Waals surface area contributed by atoms with Crippen molar-refractivity contribution >= 4 is 10.1 Å². The number of allylic oxidation sites excluding steroid dienone is 1. The van der Waals surface area contributed by atoms with Gasteiger partial charge in [-0.25, -0.2) is 8.78 Å². The predicted octanol–water partition coefficient (Wildman–Crippen LogP) is 3.22. The van der Waals surface area contributed by atoms with E-state index in [1.165, 1.54) is 6.08 Å². The summed E-state index contributed by atoms with van der Waals surface area (Å²) in [5, 5.41) is 0. The molecule has 0 fully saturated rings. The molecule has 118 valence electrons. The highest BCUT2D eigenvalue weighted by molar-refractivity contribution is 7.85. The van der Waals surface area contributed by atoms with Crippen LogP contribution in [0.1, 0.15) is 19.8 Å². The number of unbranched alkanes of at least 4 members (excludes halogenated alkanes) is 1. The van der Waals surface area contributed by atoms with E-state index >= 15 is 0 Å². The van der Waals surface area contributed by atoms with E-state index in [0.717, 1.165) is 6.42 Å². The maximum Gasteiger partial charge on any atom is 0.300 e. The Labute approximate surface area is 118 Å². The summed E-state index contributed by atoms with van der Waals surface area (Å²) >= 11 is 0. The van der Waals surface area contributed by atoms with Gasteiger partial charge in [0, 0.05) is 0 Å². The molecule has 1 aromatic rings. The van der Waals surface area contributed by atoms with Crippen LogP contribution in [0, 0.1) is 23.3 Å². The minimum Gasteiger partial charge on any atom is -0.483 e. The van der Waals surface area contributed by atoms with Gasteiger partial charge in [0.25, 0.3) is 0 Å². The van der Waals surface area contributed by atoms with Gasteiger partial charge in [-0.1, -0.05) is 25.5 Å². The number of benzene rings is 1. The van der Waals surface area contributed by atoms with Crippen LogP contribution in [0.25, 0.3) is 0 Å². The van der Waals surface area contributed by atoms with Gasteiger partial charge in [0.2, 0.25) is 11.6 Å². The number of ether oxygens (including phenoxy) is 1. The molecule has 0 radical (unpaired) electrons. The SMILES string of the molecule is CCCC=CCOc1c(F)c(F)c(S(=O)(=O)O)c(F)c1F. The highest BCUT2D eigenvalue weighted by atomic mass is 32.2. The molecule has 1 N–H and O–H groups in total. The molecular weight excluding hydrogens is 316 g/mol. The first-order valence-corrected chi connectivity index (χ1v) is 7.27. The van der Waals surface area contributed by atoms with Crippen molar-refractivity contribution in [3.05, 3.63) is 35.4 Å². The fourth-order valence-electron chi connectivity index (χ4n) is 1.43. The Kier molecular flexibility index (Phi) is 5.73. The Morgan fingerprint density at radius 2 is 1.57 bits per heavy atom. The monoisotopic (exact) mass is 328 g/mol. The Morgan fingerprint density at radius 1 is 1.05 bits per heavy atom. The quantitative estimate of drug-likeness (QED) is 0.377. The third-order valence-electron chi connectivity index (χ3n) is 2.39. The Bertz CT molecular complexity index is 627. The smallest absolute Gasteiger partial charge is 0.300 e. The average molecular weight is 328 g/mol. The molecule has 0 aliphatic carbocycles. The fourth-order valence-corrected chi connectivity index (χ4v) is 2.06. The average Bonchev–Trinajstić information content (AvgIpc) is 2.38. The second-order valence-corrected chi connectivity index (χ2v) is 5.32. The van der Waals surface area contributed by atoms with E-state index in [-0.39, 0.29) is 6.61 Å². The van der Waals surface area contributed by atoms with E-state index in [1.807, 2.05) is 6.92 Å². The summed E-state index contributed by atoms with van der Waals surface area (Å²) in [6.45, 7) is 1.53. The third-order valence-corrected chi connectivity index (χ3v) is 3.26. The lowest BCUT2D eigenvalue weighted by molar-refractivity contribution is 0.293. The molecule has 0 unspecified atom stereocenters. The first-order valence-electron chi connectivity index (χ1n) is 5.83. The minimum atomic E-state index is -5.46. The zero-order chi connectivity index (χ0) is 16.2. The summed E-state index contributed by atoms with van der Waals surface area (Å²) in [4.78, 5) is -2.09. The fraction of sp³-hybridized carbons (Fsp3) is 0.333. The van der Waals surface area contributed by atoms with E-state index in [4.69, 9.17) is 4.55 Å². The van der Waals surface area contributed by atoms with Crippen molar-refractivity contribution in [3.63, 3.8) is 0 Å². The van der Waals surface area contributed by atoms with Gasteiger partial charge in [-0.2, -0.15) is 17.2 Å². The molecule has 21 heavy (non-hydrogen) atoms. The number of halogens is 4. The topological polar surface area (TPSA) is 63.6 Å². The van der Waals surface area contributed by atoms with Gasteiger partial charge >= 0.3 is 10.1 Å². The zero-order valence-electron chi connectivity index (χ0n) is 10.9. The molecule has 0 amide bonds. The highest BCUT2D eigenvalue weighted by Crippen LogP contribution is 2.32. The summed E-state index contributed by atoms with van der Waals surface area (Å²) in [5.74, 6) is -9.96. The highest BCUT2D eigenvalue weighted by Gasteiger charge is 2.32. The van der Waals surface area contributed by atoms with Crippen LogP contribution in [-0.2, 0) is 10.1 Å². The Balaban J connectivity index is 3.20. The van der Waals surface area contributed by atoms with Crippen molar-refractivity contribution in [2.45, 2.75) is 24.7 Å². The molecule has 0 aliphatic rings. The second kappa shape index (κ2) is 6.90. The van der Waals surface area contributed by atoms with Gasteiger partial charge in [0.1, 0.15) is 6.61 Å². The van der Waals surface area contributed by atoms with Crippen molar-refractivity contribution in [1.82, 2.24) is 0 Å². The van der Waals surface area contributed by atoms with Crippen LogP contribution in [0.15, 0.2) is 17.0 Å². The molecule has 0 spiro atoms. The molecule has 0 atom stereocenters. The van der Waals surface area contributed by atoms with Gasteiger partial charge in [-0.15, -0.1) is 0 Å². The molecule has 0 aromatic heterocycles. The van der Waals surface area contributed by atoms with Crippen molar-refractivity contribution in [3.8, 4) is 5.75 Å². The molecule has 1 aromatic carbocycles. The molecule has 1 rings (SSSR count). The van der Waals surface area contributed by atoms with Gasteiger partial charge in [0.05, 0.1) is 0 Å². The summed E-state index contributed by atoms with van der Waals surface area (Å²) in [6.07, 6.45) is 4.52. The summed E-state index contributed by atoms with van der Waals surface area (Å²) in [7, 11) is -5.46. The third kappa shape index (κ3) is 3.94. The number of hydrogen-bond acceptors (Lipinski definition) is 3. The summed E-state index contributed by atoms with van der Waals surface area (Å²) in [6, 6.07) is 0. The van der Waals surface area contributed by atoms with Crippen LogP contribution in [0.5, 0.6) is 5.75 Å². The van der Waals surface area contributed by atoms with Crippen molar-refractivity contribution in [2.75, 3.05) is 6.61 Å². The van der Waals surface area contributed by atoms with Crippen LogP contribution in [0.2, 0.25) is 0 Å². The zero-order valence-corrected chi connectivity index (χ0v) is 11.7. The Morgan fingerprint density at radius 3 is 2.00 bits per heavy atom. The van der Waals surface area contributed by atoms with E-state index in [2.05, 4.69) is 4.74 Å². The molecule has 4 nitrogen and oxygen atoms in total. The van der Waals surface area contributed by atoms with Crippen LogP contribution in [-0.4, -0.2) is 19.6 Å². The molecular formula is C12H12F4O4S.